The van der Waals surface area contributed by atoms with Crippen LogP contribution < -0.4 is 4.74 Å². The Kier molecular flexibility index (Phi) is 2.95. The molecule has 0 atom stereocenters. The summed E-state index contributed by atoms with van der Waals surface area (Å²) >= 11 is 7.08. The quantitative estimate of drug-likeness (QED) is 0.738. The molecule has 0 radical (unpaired) electrons. The lowest BCUT2D eigenvalue weighted by Gasteiger charge is -2.04. The summed E-state index contributed by atoms with van der Waals surface area (Å²) < 4.78 is 7.85. The highest BCUT2D eigenvalue weighted by Crippen LogP contribution is 2.29. The van der Waals surface area contributed by atoms with E-state index in [1.807, 2.05) is 24.3 Å². The Balaban J connectivity index is 1.87. The first-order chi connectivity index (χ1) is 8.81. The van der Waals surface area contributed by atoms with Crippen LogP contribution in [0, 0.1) is 0 Å². The molecular formula is C11H7ClN4OS. The van der Waals surface area contributed by atoms with Crippen LogP contribution in [0.2, 0.25) is 4.34 Å². The Labute approximate surface area is 112 Å². The van der Waals surface area contributed by atoms with Crippen molar-refractivity contribution in [3.63, 3.8) is 0 Å². The van der Waals surface area contributed by atoms with Gasteiger partial charge in [-0.2, -0.15) is 0 Å². The van der Waals surface area contributed by atoms with Crippen molar-refractivity contribution < 1.29 is 4.74 Å². The van der Waals surface area contributed by atoms with Crippen LogP contribution in [0.5, 0.6) is 10.9 Å². The molecule has 0 bridgehead atoms. The van der Waals surface area contributed by atoms with Crippen molar-refractivity contribution in [3.05, 3.63) is 47.2 Å². The second-order valence-corrected chi connectivity index (χ2v) is 5.00. The van der Waals surface area contributed by atoms with Crippen LogP contribution >= 0.6 is 22.9 Å². The van der Waals surface area contributed by atoms with Crippen LogP contribution in [0.15, 0.2) is 42.9 Å². The Morgan fingerprint density at radius 3 is 3.00 bits per heavy atom. The van der Waals surface area contributed by atoms with Crippen LogP contribution in [-0.2, 0) is 0 Å². The molecule has 0 fully saturated rings. The Morgan fingerprint density at radius 2 is 2.28 bits per heavy atom. The Morgan fingerprint density at radius 1 is 1.33 bits per heavy atom. The molecule has 0 unspecified atom stereocenters. The van der Waals surface area contributed by atoms with Crippen LogP contribution in [-0.4, -0.2) is 20.0 Å². The number of hydrogen-bond donors (Lipinski definition) is 0. The van der Waals surface area contributed by atoms with Gasteiger partial charge in [-0.25, -0.2) is 9.67 Å². The third-order valence-electron chi connectivity index (χ3n) is 2.17. The molecule has 0 spiro atoms. The van der Waals surface area contributed by atoms with E-state index in [2.05, 4.69) is 15.3 Å². The summed E-state index contributed by atoms with van der Waals surface area (Å²) in [6.45, 7) is 0. The summed E-state index contributed by atoms with van der Waals surface area (Å²) in [5.41, 5.74) is 0.868. The number of halogens is 1. The Hall–Kier alpha value is -1.92. The van der Waals surface area contributed by atoms with Gasteiger partial charge in [0.1, 0.15) is 10.1 Å². The minimum atomic E-state index is 0.510. The van der Waals surface area contributed by atoms with E-state index in [0.29, 0.717) is 15.3 Å². The van der Waals surface area contributed by atoms with Gasteiger partial charge in [0.25, 0.3) is 5.19 Å². The maximum Gasteiger partial charge on any atom is 0.280 e. The lowest BCUT2D eigenvalue weighted by Crippen LogP contribution is -1.95. The highest BCUT2D eigenvalue weighted by molar-refractivity contribution is 7.17. The maximum absolute atomic E-state index is 5.79. The normalized spacial score (nSPS) is 10.5. The first-order valence-electron chi connectivity index (χ1n) is 5.07. The molecule has 2 heterocycles. The molecule has 0 saturated heterocycles. The summed E-state index contributed by atoms with van der Waals surface area (Å²) in [5.74, 6) is 0.675. The number of nitrogens with zero attached hydrogens (tertiary/aromatic N) is 4. The third kappa shape index (κ3) is 2.34. The van der Waals surface area contributed by atoms with Crippen LogP contribution in [0.4, 0.5) is 0 Å². The van der Waals surface area contributed by atoms with Crippen molar-refractivity contribution in [1.29, 1.82) is 0 Å². The summed E-state index contributed by atoms with van der Waals surface area (Å²) in [4.78, 5) is 4.03. The zero-order valence-corrected chi connectivity index (χ0v) is 10.6. The molecule has 3 rings (SSSR count). The average molecular weight is 279 g/mol. The molecular weight excluding hydrogens is 272 g/mol. The van der Waals surface area contributed by atoms with Gasteiger partial charge < -0.3 is 4.74 Å². The fourth-order valence-corrected chi connectivity index (χ4v) is 2.19. The standard InChI is InChI=1S/C11H7ClN4OS/c12-10-7-13-11(18-10)17-9-3-1-2-8(6-9)16-5-4-14-15-16/h1-7H. The minimum Gasteiger partial charge on any atom is -0.431 e. The first-order valence-corrected chi connectivity index (χ1v) is 6.27. The second kappa shape index (κ2) is 4.75. The van der Waals surface area contributed by atoms with Gasteiger partial charge in [0.05, 0.1) is 24.3 Å². The van der Waals surface area contributed by atoms with E-state index in [0.717, 1.165) is 5.69 Å². The zero-order chi connectivity index (χ0) is 12.4. The molecule has 7 heteroatoms. The van der Waals surface area contributed by atoms with E-state index < -0.39 is 0 Å². The number of thiazole rings is 1. The molecule has 0 saturated carbocycles. The minimum absolute atomic E-state index is 0.510. The van der Waals surface area contributed by atoms with E-state index in [4.69, 9.17) is 16.3 Å². The smallest absolute Gasteiger partial charge is 0.280 e. The van der Waals surface area contributed by atoms with E-state index in [9.17, 15) is 0 Å². The van der Waals surface area contributed by atoms with Crippen LogP contribution in [0.1, 0.15) is 0 Å². The van der Waals surface area contributed by atoms with E-state index in [1.54, 1.807) is 23.3 Å². The predicted octanol–water partition coefficient (Wildman–Crippen LogP) is 3.17. The van der Waals surface area contributed by atoms with E-state index in [-0.39, 0.29) is 0 Å². The lowest BCUT2D eigenvalue weighted by molar-refractivity contribution is 0.478. The summed E-state index contributed by atoms with van der Waals surface area (Å²) in [5, 5.41) is 8.19. The molecule has 3 aromatic rings. The molecule has 90 valence electrons. The Bertz CT molecular complexity index is 653. The van der Waals surface area contributed by atoms with Crippen molar-refractivity contribution in [2.75, 3.05) is 0 Å². The van der Waals surface area contributed by atoms with Crippen molar-refractivity contribution in [2.45, 2.75) is 0 Å². The van der Waals surface area contributed by atoms with Gasteiger partial charge in [-0.1, -0.05) is 34.2 Å². The van der Waals surface area contributed by atoms with Crippen LogP contribution in [0.3, 0.4) is 0 Å². The van der Waals surface area contributed by atoms with Gasteiger partial charge in [-0.15, -0.1) is 5.10 Å². The molecule has 0 N–H and O–H groups in total. The molecule has 0 aliphatic carbocycles. The van der Waals surface area contributed by atoms with Crippen molar-refractivity contribution in [3.8, 4) is 16.6 Å². The molecule has 1 aromatic carbocycles. The fraction of sp³-hybridized carbons (Fsp3) is 0. The van der Waals surface area contributed by atoms with Gasteiger partial charge in [0.2, 0.25) is 0 Å². The van der Waals surface area contributed by atoms with Crippen molar-refractivity contribution in [2.24, 2.45) is 0 Å². The largest absolute Gasteiger partial charge is 0.431 e. The third-order valence-corrected chi connectivity index (χ3v) is 3.16. The summed E-state index contributed by atoms with van der Waals surface area (Å²) in [7, 11) is 0. The van der Waals surface area contributed by atoms with Gasteiger partial charge in [0.15, 0.2) is 0 Å². The van der Waals surface area contributed by atoms with E-state index >= 15 is 0 Å². The van der Waals surface area contributed by atoms with E-state index in [1.165, 1.54) is 11.3 Å². The lowest BCUT2D eigenvalue weighted by atomic mass is 10.3. The molecule has 0 aliphatic rings. The zero-order valence-electron chi connectivity index (χ0n) is 9.02. The summed E-state index contributed by atoms with van der Waals surface area (Å²) in [6, 6.07) is 7.48. The molecule has 5 nitrogen and oxygen atoms in total. The highest BCUT2D eigenvalue weighted by atomic mass is 35.5. The summed E-state index contributed by atoms with van der Waals surface area (Å²) in [6.07, 6.45) is 4.94. The number of benzene rings is 1. The molecule has 0 amide bonds. The second-order valence-electron chi connectivity index (χ2n) is 3.38. The first kappa shape index (κ1) is 11.2. The predicted molar refractivity (Wildman–Crippen MR) is 68.6 cm³/mol. The van der Waals surface area contributed by atoms with Crippen molar-refractivity contribution in [1.82, 2.24) is 20.0 Å². The molecule has 0 aliphatic heterocycles. The monoisotopic (exact) mass is 278 g/mol. The number of hydrogen-bond acceptors (Lipinski definition) is 5. The number of ether oxygens (including phenoxy) is 1. The van der Waals surface area contributed by atoms with Gasteiger partial charge in [-0.3, -0.25) is 0 Å². The van der Waals surface area contributed by atoms with Crippen molar-refractivity contribution >= 4 is 22.9 Å². The topological polar surface area (TPSA) is 52.8 Å². The van der Waals surface area contributed by atoms with Gasteiger partial charge in [-0.05, 0) is 12.1 Å². The average Bonchev–Trinajstić information content (AvgIpc) is 3.01. The fourth-order valence-electron chi connectivity index (χ4n) is 1.42. The number of rotatable bonds is 3. The van der Waals surface area contributed by atoms with Gasteiger partial charge in [0, 0.05) is 6.07 Å². The van der Waals surface area contributed by atoms with Crippen LogP contribution in [0.25, 0.3) is 5.69 Å². The molecule has 18 heavy (non-hydrogen) atoms. The SMILES string of the molecule is Clc1cnc(Oc2cccc(-n3ccnn3)c2)s1. The number of aromatic nitrogens is 4. The molecule has 2 aromatic heterocycles. The maximum atomic E-state index is 5.79. The van der Waals surface area contributed by atoms with Gasteiger partial charge >= 0.3 is 0 Å². The highest BCUT2D eigenvalue weighted by Gasteiger charge is 2.04.